The minimum atomic E-state index is -0.212. The fourth-order valence-corrected chi connectivity index (χ4v) is 4.18. The third-order valence-corrected chi connectivity index (χ3v) is 5.98. The van der Waals surface area contributed by atoms with Crippen molar-refractivity contribution in [3.05, 3.63) is 40.9 Å². The van der Waals surface area contributed by atoms with Crippen molar-refractivity contribution >= 4 is 17.2 Å². The zero-order valence-electron chi connectivity index (χ0n) is 13.5. The Hall–Kier alpha value is -1.72. The third kappa shape index (κ3) is 3.16. The molecule has 2 N–H and O–H groups in total. The number of thiazole rings is 1. The zero-order chi connectivity index (χ0) is 16.4. The van der Waals surface area contributed by atoms with Crippen LogP contribution in [0.25, 0.3) is 10.6 Å². The van der Waals surface area contributed by atoms with E-state index >= 15 is 0 Å². The average molecular weight is 330 g/mol. The molecule has 0 spiro atoms. The fourth-order valence-electron chi connectivity index (χ4n) is 3.20. The summed E-state index contributed by atoms with van der Waals surface area (Å²) in [5.74, 6) is -0.0752. The second kappa shape index (κ2) is 6.42. The van der Waals surface area contributed by atoms with E-state index in [9.17, 15) is 9.90 Å². The van der Waals surface area contributed by atoms with Gasteiger partial charge >= 0.3 is 0 Å². The average Bonchev–Trinajstić information content (AvgIpc) is 3.12. The highest BCUT2D eigenvalue weighted by atomic mass is 32.1. The topological polar surface area (TPSA) is 62.2 Å². The summed E-state index contributed by atoms with van der Waals surface area (Å²) < 4.78 is 0. The minimum absolute atomic E-state index is 0.0293. The zero-order valence-corrected chi connectivity index (χ0v) is 14.3. The van der Waals surface area contributed by atoms with Gasteiger partial charge in [-0.25, -0.2) is 4.98 Å². The maximum atomic E-state index is 12.6. The van der Waals surface area contributed by atoms with Gasteiger partial charge in [0.15, 0.2) is 0 Å². The first kappa shape index (κ1) is 16.1. The Kier molecular flexibility index (Phi) is 4.50. The van der Waals surface area contributed by atoms with E-state index in [0.717, 1.165) is 35.5 Å². The fraction of sp³-hybridized carbons (Fsp3) is 0.444. The monoisotopic (exact) mass is 330 g/mol. The van der Waals surface area contributed by atoms with Crippen molar-refractivity contribution in [3.63, 3.8) is 0 Å². The Morgan fingerprint density at radius 2 is 2.17 bits per heavy atom. The molecule has 2 unspecified atom stereocenters. The van der Waals surface area contributed by atoms with Gasteiger partial charge in [0.2, 0.25) is 0 Å². The van der Waals surface area contributed by atoms with E-state index in [0.29, 0.717) is 4.88 Å². The maximum Gasteiger partial charge on any atom is 0.263 e. The lowest BCUT2D eigenvalue weighted by Gasteiger charge is -2.29. The lowest BCUT2D eigenvalue weighted by molar-refractivity contribution is 0.0833. The van der Waals surface area contributed by atoms with Gasteiger partial charge in [-0.2, -0.15) is 0 Å². The van der Waals surface area contributed by atoms with Crippen LogP contribution in [0.5, 0.6) is 0 Å². The molecule has 3 rings (SSSR count). The smallest absolute Gasteiger partial charge is 0.263 e. The standard InChI is InChI=1S/C18H22N2O2S/c1-12-15(23-17(19-12)13-7-4-3-5-8-13)16(22)20-14-9-6-10-18(14,2)11-21/h3-5,7-8,14,21H,6,9-11H2,1-2H3,(H,20,22). The second-order valence-corrected chi connectivity index (χ2v) is 7.53. The van der Waals surface area contributed by atoms with Gasteiger partial charge in [0.05, 0.1) is 12.3 Å². The van der Waals surface area contributed by atoms with E-state index in [2.05, 4.69) is 10.3 Å². The molecule has 1 saturated carbocycles. The summed E-state index contributed by atoms with van der Waals surface area (Å²) in [5.41, 5.74) is 1.58. The predicted molar refractivity (Wildman–Crippen MR) is 92.6 cm³/mol. The molecule has 0 saturated heterocycles. The first-order valence-corrected chi connectivity index (χ1v) is 8.80. The molecule has 1 heterocycles. The molecule has 1 aromatic heterocycles. The third-order valence-electron chi connectivity index (χ3n) is 4.77. The number of rotatable bonds is 4. The van der Waals surface area contributed by atoms with Crippen LogP contribution in [0.2, 0.25) is 0 Å². The van der Waals surface area contributed by atoms with Gasteiger partial charge in [0, 0.05) is 17.0 Å². The number of nitrogens with one attached hydrogen (secondary N) is 1. The van der Waals surface area contributed by atoms with Crippen LogP contribution in [0.1, 0.15) is 41.6 Å². The molecule has 1 aliphatic rings. The highest BCUT2D eigenvalue weighted by molar-refractivity contribution is 7.17. The van der Waals surface area contributed by atoms with Crippen molar-refractivity contribution in [2.75, 3.05) is 6.61 Å². The SMILES string of the molecule is Cc1nc(-c2ccccc2)sc1C(=O)NC1CCCC1(C)CO. The summed E-state index contributed by atoms with van der Waals surface area (Å²) in [4.78, 5) is 17.9. The van der Waals surface area contributed by atoms with Crippen LogP contribution in [0.3, 0.4) is 0 Å². The lowest BCUT2D eigenvalue weighted by atomic mass is 9.86. The molecule has 1 aliphatic carbocycles. The van der Waals surface area contributed by atoms with Gasteiger partial charge in [-0.15, -0.1) is 11.3 Å². The number of carbonyl (C=O) groups excluding carboxylic acids is 1. The summed E-state index contributed by atoms with van der Waals surface area (Å²) in [6.45, 7) is 4.02. The molecule has 4 nitrogen and oxygen atoms in total. The van der Waals surface area contributed by atoms with Crippen LogP contribution in [-0.2, 0) is 0 Å². The first-order chi connectivity index (χ1) is 11.0. The molecule has 0 bridgehead atoms. The van der Waals surface area contributed by atoms with Gasteiger partial charge in [-0.3, -0.25) is 4.79 Å². The van der Waals surface area contributed by atoms with E-state index in [-0.39, 0.29) is 24.0 Å². The van der Waals surface area contributed by atoms with E-state index in [1.54, 1.807) is 0 Å². The van der Waals surface area contributed by atoms with Crippen LogP contribution in [0, 0.1) is 12.3 Å². The number of amides is 1. The van der Waals surface area contributed by atoms with Crippen molar-refractivity contribution < 1.29 is 9.90 Å². The summed E-state index contributed by atoms with van der Waals surface area (Å²) in [6.07, 6.45) is 2.91. The van der Waals surface area contributed by atoms with Gasteiger partial charge < -0.3 is 10.4 Å². The number of aliphatic hydroxyl groups excluding tert-OH is 1. The highest BCUT2D eigenvalue weighted by Gasteiger charge is 2.39. The Morgan fingerprint density at radius 3 is 2.87 bits per heavy atom. The molecule has 122 valence electrons. The Bertz CT molecular complexity index is 698. The largest absolute Gasteiger partial charge is 0.396 e. The van der Waals surface area contributed by atoms with Crippen LogP contribution in [0.15, 0.2) is 30.3 Å². The summed E-state index contributed by atoms with van der Waals surface area (Å²) >= 11 is 1.43. The van der Waals surface area contributed by atoms with Crippen LogP contribution < -0.4 is 5.32 Å². The van der Waals surface area contributed by atoms with E-state index in [4.69, 9.17) is 0 Å². The molecule has 1 amide bonds. The summed E-state index contributed by atoms with van der Waals surface area (Å²) in [6, 6.07) is 9.93. The molecule has 1 fully saturated rings. The molecule has 23 heavy (non-hydrogen) atoms. The van der Waals surface area contributed by atoms with Crippen LogP contribution in [-0.4, -0.2) is 28.6 Å². The highest BCUT2D eigenvalue weighted by Crippen LogP contribution is 2.38. The number of nitrogens with zero attached hydrogens (tertiary/aromatic N) is 1. The van der Waals surface area contributed by atoms with Crippen LogP contribution >= 0.6 is 11.3 Å². The van der Waals surface area contributed by atoms with E-state index in [1.807, 2.05) is 44.2 Å². The summed E-state index contributed by atoms with van der Waals surface area (Å²) in [5, 5.41) is 13.6. The van der Waals surface area contributed by atoms with E-state index < -0.39 is 0 Å². The number of benzene rings is 1. The maximum absolute atomic E-state index is 12.6. The quantitative estimate of drug-likeness (QED) is 0.903. The van der Waals surface area contributed by atoms with Gasteiger partial charge in [0.25, 0.3) is 5.91 Å². The lowest BCUT2D eigenvalue weighted by Crippen LogP contribution is -2.44. The number of aromatic nitrogens is 1. The van der Waals surface area contributed by atoms with Gasteiger partial charge in [-0.1, -0.05) is 43.7 Å². The Labute approximate surface area is 140 Å². The number of hydrogen-bond acceptors (Lipinski definition) is 4. The van der Waals surface area contributed by atoms with E-state index in [1.165, 1.54) is 11.3 Å². The number of aryl methyl sites for hydroxylation is 1. The Balaban J connectivity index is 1.79. The predicted octanol–water partition coefficient (Wildman–Crippen LogP) is 3.40. The Morgan fingerprint density at radius 1 is 1.43 bits per heavy atom. The van der Waals surface area contributed by atoms with Crippen LogP contribution in [0.4, 0.5) is 0 Å². The summed E-state index contributed by atoms with van der Waals surface area (Å²) in [7, 11) is 0. The molecular weight excluding hydrogens is 308 g/mol. The minimum Gasteiger partial charge on any atom is -0.396 e. The van der Waals surface area contributed by atoms with Crippen molar-refractivity contribution in [2.24, 2.45) is 5.41 Å². The van der Waals surface area contributed by atoms with Crippen molar-refractivity contribution in [1.82, 2.24) is 10.3 Å². The first-order valence-electron chi connectivity index (χ1n) is 7.98. The molecule has 2 atom stereocenters. The molecular formula is C18H22N2O2S. The van der Waals surface area contributed by atoms with Gasteiger partial charge in [0.1, 0.15) is 9.88 Å². The number of hydrogen-bond donors (Lipinski definition) is 2. The second-order valence-electron chi connectivity index (χ2n) is 6.53. The molecule has 0 radical (unpaired) electrons. The molecule has 1 aromatic carbocycles. The van der Waals surface area contributed by atoms with Crippen molar-refractivity contribution in [3.8, 4) is 10.6 Å². The van der Waals surface area contributed by atoms with Crippen molar-refractivity contribution in [2.45, 2.75) is 39.2 Å². The van der Waals surface area contributed by atoms with Gasteiger partial charge in [-0.05, 0) is 19.8 Å². The molecule has 5 heteroatoms. The number of aliphatic hydroxyl groups is 1. The normalized spacial score (nSPS) is 23.9. The van der Waals surface area contributed by atoms with Crippen molar-refractivity contribution in [1.29, 1.82) is 0 Å². The number of carbonyl (C=O) groups is 1. The molecule has 2 aromatic rings. The molecule has 0 aliphatic heterocycles.